The first-order valence-corrected chi connectivity index (χ1v) is 13.6. The molecule has 1 aliphatic rings. The molecule has 0 saturated carbocycles. The molecule has 3 unspecified atom stereocenters. The lowest BCUT2D eigenvalue weighted by molar-refractivity contribution is -0.137. The van der Waals surface area contributed by atoms with Gasteiger partial charge in [-0.15, -0.1) is 0 Å². The largest absolute Gasteiger partial charge is 0.301 e. The number of hydrogen-bond donors (Lipinski definition) is 3. The molecule has 0 bridgehead atoms. The second kappa shape index (κ2) is 9.21. The van der Waals surface area contributed by atoms with E-state index < -0.39 is 33.5 Å². The van der Waals surface area contributed by atoms with Crippen molar-refractivity contribution in [3.05, 3.63) is 90.0 Å². The number of nitrogens with zero attached hydrogens (tertiary/aromatic N) is 1. The van der Waals surface area contributed by atoms with Crippen molar-refractivity contribution in [2.24, 2.45) is 5.92 Å². The summed E-state index contributed by atoms with van der Waals surface area (Å²) < 4.78 is 24.4. The van der Waals surface area contributed by atoms with Gasteiger partial charge in [0.25, 0.3) is 0 Å². The summed E-state index contributed by atoms with van der Waals surface area (Å²) in [5, 5.41) is 3.09. The summed E-state index contributed by atoms with van der Waals surface area (Å²) >= 11 is 1.16. The maximum absolute atomic E-state index is 13.5. The number of thiazole rings is 1. The van der Waals surface area contributed by atoms with Crippen LogP contribution < -0.4 is 16.2 Å². The molecule has 5 rings (SSSR count). The molecule has 10 heteroatoms. The highest BCUT2D eigenvalue weighted by molar-refractivity contribution is 7.90. The molecule has 3 aromatic carbocycles. The molecule has 3 N–H and O–H groups in total. The molecule has 1 aliphatic heterocycles. The van der Waals surface area contributed by atoms with Crippen LogP contribution >= 0.6 is 11.3 Å². The Morgan fingerprint density at radius 3 is 2.29 bits per heavy atom. The maximum atomic E-state index is 13.5. The molecule has 178 valence electrons. The summed E-state index contributed by atoms with van der Waals surface area (Å²) in [5.74, 6) is -2.42. The van der Waals surface area contributed by atoms with Gasteiger partial charge in [-0.2, -0.15) is 0 Å². The molecule has 1 fully saturated rings. The van der Waals surface area contributed by atoms with Gasteiger partial charge < -0.3 is 5.32 Å². The molecule has 1 aromatic heterocycles. The van der Waals surface area contributed by atoms with Gasteiger partial charge in [-0.05, 0) is 29.3 Å². The number of hydrazine groups is 1. The van der Waals surface area contributed by atoms with Crippen molar-refractivity contribution < 1.29 is 18.0 Å². The third kappa shape index (κ3) is 4.68. The van der Waals surface area contributed by atoms with Crippen LogP contribution in [-0.4, -0.2) is 31.5 Å². The maximum Gasteiger partial charge on any atom is 0.247 e. The number of nitrogens with one attached hydrogen (secondary N) is 3. The Balaban J connectivity index is 1.49. The van der Waals surface area contributed by atoms with E-state index in [4.69, 9.17) is 0 Å². The van der Waals surface area contributed by atoms with E-state index >= 15 is 0 Å². The second-order valence-corrected chi connectivity index (χ2v) is 11.4. The quantitative estimate of drug-likeness (QED) is 0.357. The van der Waals surface area contributed by atoms with Crippen LogP contribution in [0.25, 0.3) is 10.2 Å². The predicted molar refractivity (Wildman–Crippen MR) is 134 cm³/mol. The zero-order valence-corrected chi connectivity index (χ0v) is 20.3. The number of anilines is 1. The van der Waals surface area contributed by atoms with Crippen molar-refractivity contribution in [3.63, 3.8) is 0 Å². The normalized spacial score (nSPS) is 20.4. The SMILES string of the molecule is CS(=O)(=O)c1ccc2nc(NC(=O)C3C(=O)NNC(c4ccccc4)C3c3ccccc3)sc2c1. The van der Waals surface area contributed by atoms with E-state index in [0.717, 1.165) is 28.7 Å². The summed E-state index contributed by atoms with van der Waals surface area (Å²) in [6.07, 6.45) is 1.14. The highest BCUT2D eigenvalue weighted by Gasteiger charge is 2.44. The van der Waals surface area contributed by atoms with E-state index in [-0.39, 0.29) is 10.9 Å². The predicted octanol–water partition coefficient (Wildman–Crippen LogP) is 3.41. The number of benzene rings is 3. The topological polar surface area (TPSA) is 117 Å². The van der Waals surface area contributed by atoms with Crippen LogP contribution in [0.4, 0.5) is 5.13 Å². The first-order valence-electron chi connectivity index (χ1n) is 10.9. The molecular formula is C25H22N4O4S2. The number of carbonyl (C=O) groups excluding carboxylic acids is 2. The standard InChI is InChI=1S/C25H22N4O4S2/c1-35(32,33)17-12-13-18-19(14-17)34-25(26-18)27-23(30)21-20(15-8-4-2-5-9-15)22(28-29-24(21)31)16-10-6-3-7-11-16/h2-14,20-22,28H,1H3,(H,29,31)(H,26,27,30). The second-order valence-electron chi connectivity index (χ2n) is 8.35. The highest BCUT2D eigenvalue weighted by atomic mass is 32.2. The van der Waals surface area contributed by atoms with Crippen molar-refractivity contribution in [2.45, 2.75) is 16.9 Å². The summed E-state index contributed by atoms with van der Waals surface area (Å²) in [7, 11) is -3.37. The molecule has 0 aliphatic carbocycles. The lowest BCUT2D eigenvalue weighted by Crippen LogP contribution is -2.56. The minimum Gasteiger partial charge on any atom is -0.301 e. The average molecular weight is 507 g/mol. The van der Waals surface area contributed by atoms with Crippen LogP contribution in [0.5, 0.6) is 0 Å². The lowest BCUT2D eigenvalue weighted by atomic mass is 9.76. The summed E-state index contributed by atoms with van der Waals surface area (Å²) in [4.78, 5) is 31.1. The van der Waals surface area contributed by atoms with Crippen LogP contribution in [0.3, 0.4) is 0 Å². The molecule has 0 spiro atoms. The van der Waals surface area contributed by atoms with Crippen molar-refractivity contribution in [1.82, 2.24) is 15.8 Å². The van der Waals surface area contributed by atoms with Crippen LogP contribution in [0.1, 0.15) is 23.1 Å². The van der Waals surface area contributed by atoms with Crippen LogP contribution in [0, 0.1) is 5.92 Å². The fraction of sp³-hybridized carbons (Fsp3) is 0.160. The zero-order chi connectivity index (χ0) is 24.6. The van der Waals surface area contributed by atoms with Gasteiger partial charge in [0.15, 0.2) is 15.0 Å². The zero-order valence-electron chi connectivity index (χ0n) is 18.6. The van der Waals surface area contributed by atoms with Gasteiger partial charge in [0.1, 0.15) is 5.92 Å². The molecule has 0 radical (unpaired) electrons. The Kier molecular flexibility index (Phi) is 6.10. The number of carbonyl (C=O) groups is 2. The average Bonchev–Trinajstić information content (AvgIpc) is 3.25. The van der Waals surface area contributed by atoms with E-state index in [0.29, 0.717) is 15.3 Å². The van der Waals surface area contributed by atoms with E-state index in [2.05, 4.69) is 21.2 Å². The van der Waals surface area contributed by atoms with Gasteiger partial charge in [0, 0.05) is 12.2 Å². The minimum atomic E-state index is -3.37. The Bertz CT molecular complexity index is 1500. The third-order valence-corrected chi connectivity index (χ3v) is 8.04. The summed E-state index contributed by atoms with van der Waals surface area (Å²) in [6.45, 7) is 0. The van der Waals surface area contributed by atoms with Gasteiger partial charge in [0.05, 0.1) is 21.2 Å². The van der Waals surface area contributed by atoms with Crippen molar-refractivity contribution >= 4 is 48.3 Å². The van der Waals surface area contributed by atoms with Crippen molar-refractivity contribution in [1.29, 1.82) is 0 Å². The number of sulfone groups is 1. The van der Waals surface area contributed by atoms with Gasteiger partial charge in [-0.3, -0.25) is 15.0 Å². The summed E-state index contributed by atoms with van der Waals surface area (Å²) in [6, 6.07) is 23.4. The van der Waals surface area contributed by atoms with Gasteiger partial charge in [-0.1, -0.05) is 72.0 Å². The molecular weight excluding hydrogens is 484 g/mol. The molecule has 3 atom stereocenters. The first-order chi connectivity index (χ1) is 16.8. The van der Waals surface area contributed by atoms with E-state index in [1.54, 1.807) is 6.07 Å². The number of aromatic nitrogens is 1. The number of hydrogen-bond acceptors (Lipinski definition) is 7. The molecule has 4 aromatic rings. The Morgan fingerprint density at radius 1 is 0.971 bits per heavy atom. The van der Waals surface area contributed by atoms with Crippen LogP contribution in [0.15, 0.2) is 83.8 Å². The number of rotatable bonds is 5. The molecule has 8 nitrogen and oxygen atoms in total. The first kappa shape index (κ1) is 23.2. The van der Waals surface area contributed by atoms with Gasteiger partial charge in [0.2, 0.25) is 11.8 Å². The van der Waals surface area contributed by atoms with Crippen LogP contribution in [0.2, 0.25) is 0 Å². The lowest BCUT2D eigenvalue weighted by Gasteiger charge is -2.38. The van der Waals surface area contributed by atoms with Crippen LogP contribution in [-0.2, 0) is 19.4 Å². The summed E-state index contributed by atoms with van der Waals surface area (Å²) in [5.41, 5.74) is 8.09. The Morgan fingerprint density at radius 2 is 1.63 bits per heavy atom. The smallest absolute Gasteiger partial charge is 0.247 e. The fourth-order valence-electron chi connectivity index (χ4n) is 4.34. The molecule has 2 heterocycles. The van der Waals surface area contributed by atoms with Crippen molar-refractivity contribution in [3.8, 4) is 0 Å². The fourth-order valence-corrected chi connectivity index (χ4v) is 5.97. The number of fused-ring (bicyclic) bond motifs is 1. The Hall–Kier alpha value is -3.60. The third-order valence-electron chi connectivity index (χ3n) is 6.00. The van der Waals surface area contributed by atoms with Gasteiger partial charge >= 0.3 is 0 Å². The van der Waals surface area contributed by atoms with E-state index in [1.807, 2.05) is 60.7 Å². The van der Waals surface area contributed by atoms with Gasteiger partial charge in [-0.25, -0.2) is 18.8 Å². The molecule has 2 amide bonds. The highest BCUT2D eigenvalue weighted by Crippen LogP contribution is 2.40. The monoisotopic (exact) mass is 506 g/mol. The molecule has 35 heavy (non-hydrogen) atoms. The van der Waals surface area contributed by atoms with E-state index in [9.17, 15) is 18.0 Å². The molecule has 1 saturated heterocycles. The Labute approximate surface area is 206 Å². The van der Waals surface area contributed by atoms with E-state index in [1.165, 1.54) is 12.1 Å². The van der Waals surface area contributed by atoms with Crippen molar-refractivity contribution in [2.75, 3.05) is 11.6 Å². The number of amides is 2. The minimum absolute atomic E-state index is 0.180.